The largest absolute Gasteiger partial charge is 0.389 e. The Morgan fingerprint density at radius 3 is 2.43 bits per heavy atom. The van der Waals surface area contributed by atoms with Crippen LogP contribution in [0.15, 0.2) is 73.1 Å². The highest BCUT2D eigenvalue weighted by atomic mass is 19.4. The second-order valence-corrected chi connectivity index (χ2v) is 10.9. The Morgan fingerprint density at radius 2 is 1.82 bits per heavy atom. The number of nitrogens with one attached hydrogen (secondary N) is 1. The molecule has 3 aromatic rings. The van der Waals surface area contributed by atoms with E-state index < -0.39 is 24.9 Å². The third-order valence-corrected chi connectivity index (χ3v) is 7.97. The number of piperazine rings is 1. The summed E-state index contributed by atoms with van der Waals surface area (Å²) in [6, 6.07) is 12.1. The van der Waals surface area contributed by atoms with E-state index in [-0.39, 0.29) is 6.54 Å². The summed E-state index contributed by atoms with van der Waals surface area (Å²) >= 11 is 0. The lowest BCUT2D eigenvalue weighted by Crippen LogP contribution is -2.45. The van der Waals surface area contributed by atoms with Gasteiger partial charge in [0, 0.05) is 75.9 Å². The lowest BCUT2D eigenvalue weighted by Gasteiger charge is -2.38. The molecule has 2 aliphatic heterocycles. The van der Waals surface area contributed by atoms with E-state index in [1.54, 1.807) is 10.9 Å². The van der Waals surface area contributed by atoms with E-state index in [0.717, 1.165) is 60.0 Å². The number of hydrogen-bond acceptors (Lipinski definition) is 7. The van der Waals surface area contributed by atoms with Crippen LogP contribution < -0.4 is 10.2 Å². The molecular weight excluding hydrogens is 569 g/mol. The first-order valence-corrected chi connectivity index (χ1v) is 14.7. The van der Waals surface area contributed by atoms with E-state index in [2.05, 4.69) is 37.8 Å². The van der Waals surface area contributed by atoms with E-state index >= 15 is 0 Å². The summed E-state index contributed by atoms with van der Waals surface area (Å²) in [5.41, 5.74) is 5.88. The molecule has 0 bridgehead atoms. The molecule has 1 aromatic carbocycles. The number of rotatable bonds is 9. The van der Waals surface area contributed by atoms with Gasteiger partial charge in [-0.15, -0.1) is 5.10 Å². The van der Waals surface area contributed by atoms with Crippen molar-refractivity contribution in [2.24, 2.45) is 7.05 Å². The molecule has 1 amide bonds. The first-order valence-electron chi connectivity index (χ1n) is 14.7. The van der Waals surface area contributed by atoms with Crippen molar-refractivity contribution < 1.29 is 18.0 Å². The van der Waals surface area contributed by atoms with Crippen LogP contribution in [0.1, 0.15) is 37.6 Å². The summed E-state index contributed by atoms with van der Waals surface area (Å²) in [6.07, 6.45) is 2.07. The van der Waals surface area contributed by atoms with Gasteiger partial charge in [-0.1, -0.05) is 30.9 Å². The Bertz CT molecular complexity index is 1520. The number of amides is 1. The molecule has 9 nitrogen and oxygen atoms in total. The Morgan fingerprint density at radius 1 is 1.07 bits per heavy atom. The molecule has 1 N–H and O–H groups in total. The van der Waals surface area contributed by atoms with Crippen molar-refractivity contribution in [3.63, 3.8) is 0 Å². The van der Waals surface area contributed by atoms with E-state index in [9.17, 15) is 18.0 Å². The lowest BCUT2D eigenvalue weighted by molar-refractivity contribution is -0.148. The number of hydrogen-bond donors (Lipinski definition) is 1. The van der Waals surface area contributed by atoms with Gasteiger partial charge in [-0.25, -0.2) is 4.68 Å². The summed E-state index contributed by atoms with van der Waals surface area (Å²) in [5.74, 6) is 0.622. The van der Waals surface area contributed by atoms with Crippen LogP contribution >= 0.6 is 0 Å². The number of aromatic nitrogens is 4. The van der Waals surface area contributed by atoms with Gasteiger partial charge >= 0.3 is 6.18 Å². The summed E-state index contributed by atoms with van der Waals surface area (Å²) in [4.78, 5) is 27.3. The molecule has 0 spiro atoms. The van der Waals surface area contributed by atoms with Gasteiger partial charge in [0.05, 0.1) is 18.3 Å². The van der Waals surface area contributed by atoms with Crippen molar-refractivity contribution in [2.75, 3.05) is 49.5 Å². The van der Waals surface area contributed by atoms with Crippen LogP contribution in [0.2, 0.25) is 0 Å². The number of aryl methyl sites for hydroxylation is 1. The fourth-order valence-electron chi connectivity index (χ4n) is 5.51. The minimum atomic E-state index is -4.34. The normalized spacial score (nSPS) is 16.2. The maximum absolute atomic E-state index is 12.5. The summed E-state index contributed by atoms with van der Waals surface area (Å²) < 4.78 is 39.3. The molecule has 0 radical (unpaired) electrons. The molecule has 0 atom stereocenters. The molecule has 232 valence electrons. The molecule has 0 aliphatic carbocycles. The molecule has 4 heterocycles. The topological polar surface area (TPSA) is 82.4 Å². The van der Waals surface area contributed by atoms with Gasteiger partial charge in [-0.3, -0.25) is 9.78 Å². The first-order chi connectivity index (χ1) is 21.1. The average Bonchev–Trinajstić information content (AvgIpc) is 3.39. The van der Waals surface area contributed by atoms with Gasteiger partial charge in [-0.05, 0) is 48.7 Å². The van der Waals surface area contributed by atoms with Crippen LogP contribution in [0.3, 0.4) is 0 Å². The molecule has 1 saturated heterocycles. The van der Waals surface area contributed by atoms with E-state index in [1.807, 2.05) is 62.7 Å². The predicted octanol–water partition coefficient (Wildman–Crippen LogP) is 5.65. The van der Waals surface area contributed by atoms with E-state index in [0.29, 0.717) is 24.7 Å². The van der Waals surface area contributed by atoms with Crippen molar-refractivity contribution in [1.29, 1.82) is 0 Å². The van der Waals surface area contributed by atoms with Crippen molar-refractivity contribution in [2.45, 2.75) is 32.4 Å². The predicted molar refractivity (Wildman–Crippen MR) is 166 cm³/mol. The Balaban J connectivity index is 1.17. The third-order valence-electron chi connectivity index (χ3n) is 7.97. The standard InChI is InChI=1S/C32H37F3N8O/c1-4-28(25-12-16-43(17-13-25)29(44)11-14-32(33,34)35)30-38-31(39-40(30)3)37-26-9-7-24(8-10-26)23(2)41-18-20-42(21-19-41)27-6-5-15-36-22-27/h4-10,12,15,22H,2,11,13-14,16-21H2,1,3H3,(H,37,39). The Labute approximate surface area is 255 Å². The van der Waals surface area contributed by atoms with Gasteiger partial charge in [0.2, 0.25) is 11.9 Å². The molecule has 5 rings (SSSR count). The molecule has 0 saturated carbocycles. The average molecular weight is 607 g/mol. The number of halogens is 3. The molecule has 12 heteroatoms. The van der Waals surface area contributed by atoms with Crippen LogP contribution in [-0.4, -0.2) is 80.9 Å². The number of alkyl halides is 3. The highest BCUT2D eigenvalue weighted by Crippen LogP contribution is 2.29. The highest BCUT2D eigenvalue weighted by Gasteiger charge is 2.30. The molecule has 2 aromatic heterocycles. The second kappa shape index (κ2) is 13.4. The number of carbonyl (C=O) groups excluding carboxylic acids is 1. The van der Waals surface area contributed by atoms with Gasteiger partial charge in [0.25, 0.3) is 0 Å². The molecule has 44 heavy (non-hydrogen) atoms. The quantitative estimate of drug-likeness (QED) is 0.337. The smallest absolute Gasteiger partial charge is 0.368 e. The Hall–Kier alpha value is -4.61. The highest BCUT2D eigenvalue weighted by molar-refractivity contribution is 5.79. The van der Waals surface area contributed by atoms with Crippen molar-refractivity contribution in [1.82, 2.24) is 29.5 Å². The van der Waals surface area contributed by atoms with Gasteiger partial charge in [0.15, 0.2) is 5.82 Å². The number of nitrogens with zero attached hydrogens (tertiary/aromatic N) is 7. The molecule has 0 unspecified atom stereocenters. The van der Waals surface area contributed by atoms with Gasteiger partial charge < -0.3 is 20.0 Å². The van der Waals surface area contributed by atoms with Crippen LogP contribution in [0.4, 0.5) is 30.5 Å². The van der Waals surface area contributed by atoms with Crippen LogP contribution in [-0.2, 0) is 11.8 Å². The first kappa shape index (κ1) is 30.8. The number of benzene rings is 1. The Kier molecular flexibility index (Phi) is 9.36. The van der Waals surface area contributed by atoms with Gasteiger partial charge in [0.1, 0.15) is 0 Å². The van der Waals surface area contributed by atoms with Gasteiger partial charge in [-0.2, -0.15) is 18.2 Å². The fraction of sp³-hybridized carbons (Fsp3) is 0.375. The zero-order chi connectivity index (χ0) is 31.3. The third kappa shape index (κ3) is 7.47. The second-order valence-electron chi connectivity index (χ2n) is 10.9. The van der Waals surface area contributed by atoms with E-state index in [1.165, 1.54) is 4.90 Å². The van der Waals surface area contributed by atoms with Crippen LogP contribution in [0.25, 0.3) is 11.3 Å². The summed E-state index contributed by atoms with van der Waals surface area (Å²) in [5, 5.41) is 7.82. The monoisotopic (exact) mass is 606 g/mol. The summed E-state index contributed by atoms with van der Waals surface area (Å²) in [6.45, 7) is 10.5. The zero-order valence-electron chi connectivity index (χ0n) is 25.0. The summed E-state index contributed by atoms with van der Waals surface area (Å²) in [7, 11) is 1.81. The van der Waals surface area contributed by atoms with E-state index in [4.69, 9.17) is 4.98 Å². The number of pyridine rings is 1. The fourth-order valence-corrected chi connectivity index (χ4v) is 5.51. The van der Waals surface area contributed by atoms with Crippen molar-refractivity contribution >= 4 is 34.5 Å². The maximum atomic E-state index is 12.5. The number of allylic oxidation sites excluding steroid dienone is 2. The minimum absolute atomic E-state index is 0.268. The van der Waals surface area contributed by atoms with Crippen molar-refractivity contribution in [3.05, 3.63) is 84.5 Å². The molecule has 1 fully saturated rings. The number of anilines is 3. The maximum Gasteiger partial charge on any atom is 0.389 e. The molecular formula is C32H37F3N8O. The zero-order valence-corrected chi connectivity index (χ0v) is 25.0. The van der Waals surface area contributed by atoms with Crippen molar-refractivity contribution in [3.8, 4) is 0 Å². The minimum Gasteiger partial charge on any atom is -0.368 e. The van der Waals surface area contributed by atoms with Crippen LogP contribution in [0.5, 0.6) is 0 Å². The lowest BCUT2D eigenvalue weighted by atomic mass is 9.98. The van der Waals surface area contributed by atoms with Crippen LogP contribution in [0, 0.1) is 0 Å². The molecule has 2 aliphatic rings. The number of carbonyl (C=O) groups is 1. The SMILES string of the molecule is C=C(c1ccc(Nc2nc(C(=CC)C3=CCN(C(=O)CCC(F)(F)F)CC3)n(C)n2)cc1)N1CCN(c2cccnc2)CC1.